The number of esters is 1. The fraction of sp³-hybridized carbons (Fsp3) is 0.818. The molecule has 4 nitrogen and oxygen atoms in total. The molecule has 1 amide bonds. The lowest BCUT2D eigenvalue weighted by molar-refractivity contribution is -0.156. The van der Waals surface area contributed by atoms with E-state index in [0.29, 0.717) is 0 Å². The van der Waals surface area contributed by atoms with Crippen LogP contribution >= 0.6 is 0 Å². The van der Waals surface area contributed by atoms with E-state index in [4.69, 9.17) is 0 Å². The molecular weight excluding hydrogens is 232 g/mol. The van der Waals surface area contributed by atoms with Crippen molar-refractivity contribution in [3.8, 4) is 0 Å². The van der Waals surface area contributed by atoms with Gasteiger partial charge in [0.2, 0.25) is 5.91 Å². The van der Waals surface area contributed by atoms with Crippen molar-refractivity contribution in [1.29, 1.82) is 0 Å². The van der Waals surface area contributed by atoms with E-state index < -0.39 is 30.3 Å². The zero-order chi connectivity index (χ0) is 13.2. The van der Waals surface area contributed by atoms with Crippen LogP contribution in [0.15, 0.2) is 0 Å². The molecule has 0 aromatic heterocycles. The molecule has 1 atom stereocenters. The number of hydrogen-bond donors (Lipinski definition) is 0. The van der Waals surface area contributed by atoms with Crippen molar-refractivity contribution in [2.24, 2.45) is 11.8 Å². The highest BCUT2D eigenvalue weighted by Crippen LogP contribution is 2.29. The second-order valence-corrected chi connectivity index (χ2v) is 4.61. The molecule has 1 aliphatic rings. The van der Waals surface area contributed by atoms with Gasteiger partial charge in [0.15, 0.2) is 0 Å². The van der Waals surface area contributed by atoms with E-state index in [0.717, 1.165) is 4.90 Å². The Morgan fingerprint density at radius 2 is 1.94 bits per heavy atom. The third-order valence-electron chi connectivity index (χ3n) is 2.87. The highest BCUT2D eigenvalue weighted by Gasteiger charge is 2.44. The van der Waals surface area contributed by atoms with Gasteiger partial charge in [-0.3, -0.25) is 9.59 Å². The van der Waals surface area contributed by atoms with E-state index in [2.05, 4.69) is 4.74 Å². The van der Waals surface area contributed by atoms with Crippen LogP contribution in [0.3, 0.4) is 0 Å². The molecule has 1 fully saturated rings. The first-order valence-corrected chi connectivity index (χ1v) is 5.53. The van der Waals surface area contributed by atoms with Gasteiger partial charge in [-0.25, -0.2) is 8.78 Å². The average Bonchev–Trinajstić information content (AvgIpc) is 2.58. The Hall–Kier alpha value is -1.20. The first-order valence-electron chi connectivity index (χ1n) is 5.53. The Bertz CT molecular complexity index is 318. The van der Waals surface area contributed by atoms with Gasteiger partial charge < -0.3 is 9.64 Å². The van der Waals surface area contributed by atoms with Gasteiger partial charge in [0, 0.05) is 13.0 Å². The molecule has 0 saturated carbocycles. The van der Waals surface area contributed by atoms with E-state index in [-0.39, 0.29) is 18.9 Å². The SMILES string of the molecule is COC(=O)C(C(=O)N1CCC(F)(F)C1)C(C)C. The summed E-state index contributed by atoms with van der Waals surface area (Å²) in [7, 11) is 1.18. The molecule has 1 heterocycles. The number of nitrogens with zero attached hydrogens (tertiary/aromatic N) is 1. The Kier molecular flexibility index (Phi) is 4.06. The lowest BCUT2D eigenvalue weighted by Gasteiger charge is -2.23. The lowest BCUT2D eigenvalue weighted by atomic mass is 9.94. The van der Waals surface area contributed by atoms with Crippen LogP contribution in [-0.2, 0) is 14.3 Å². The topological polar surface area (TPSA) is 46.6 Å². The standard InChI is InChI=1S/C11H17F2NO3/c1-7(2)8(10(16)17-3)9(15)14-5-4-11(12,13)6-14/h7-8H,4-6H2,1-3H3. The summed E-state index contributed by atoms with van der Waals surface area (Å²) >= 11 is 0. The molecule has 1 aliphatic heterocycles. The number of methoxy groups -OCH3 is 1. The third-order valence-corrected chi connectivity index (χ3v) is 2.87. The second kappa shape index (κ2) is 4.98. The van der Waals surface area contributed by atoms with E-state index in [1.54, 1.807) is 13.8 Å². The van der Waals surface area contributed by atoms with Gasteiger partial charge in [-0.1, -0.05) is 13.8 Å². The van der Waals surface area contributed by atoms with Crippen molar-refractivity contribution >= 4 is 11.9 Å². The summed E-state index contributed by atoms with van der Waals surface area (Å²) in [6.07, 6.45) is -0.343. The Labute approximate surface area is 98.9 Å². The number of likely N-dealkylation sites (tertiary alicyclic amines) is 1. The normalized spacial score (nSPS) is 20.5. The average molecular weight is 249 g/mol. The van der Waals surface area contributed by atoms with Crippen molar-refractivity contribution in [1.82, 2.24) is 4.90 Å². The minimum Gasteiger partial charge on any atom is -0.468 e. The molecule has 6 heteroatoms. The zero-order valence-corrected chi connectivity index (χ0v) is 10.2. The van der Waals surface area contributed by atoms with Crippen molar-refractivity contribution in [3.05, 3.63) is 0 Å². The Balaban J connectivity index is 2.76. The van der Waals surface area contributed by atoms with Crippen LogP contribution < -0.4 is 0 Å². The Morgan fingerprint density at radius 1 is 1.35 bits per heavy atom. The molecule has 1 unspecified atom stereocenters. The number of halogens is 2. The van der Waals surface area contributed by atoms with Crippen molar-refractivity contribution in [3.63, 3.8) is 0 Å². The van der Waals surface area contributed by atoms with Crippen LogP contribution in [-0.4, -0.2) is 42.9 Å². The lowest BCUT2D eigenvalue weighted by Crippen LogP contribution is -2.42. The van der Waals surface area contributed by atoms with Crippen LogP contribution in [0, 0.1) is 11.8 Å². The molecular formula is C11H17F2NO3. The fourth-order valence-electron chi connectivity index (χ4n) is 1.91. The molecule has 0 aliphatic carbocycles. The second-order valence-electron chi connectivity index (χ2n) is 4.61. The summed E-state index contributed by atoms with van der Waals surface area (Å²) in [5.41, 5.74) is 0. The van der Waals surface area contributed by atoms with E-state index in [1.165, 1.54) is 7.11 Å². The number of ether oxygens (including phenoxy) is 1. The smallest absolute Gasteiger partial charge is 0.318 e. The van der Waals surface area contributed by atoms with Gasteiger partial charge in [0.05, 0.1) is 13.7 Å². The Morgan fingerprint density at radius 3 is 2.29 bits per heavy atom. The molecule has 0 aromatic rings. The van der Waals surface area contributed by atoms with Crippen LogP contribution in [0.5, 0.6) is 0 Å². The molecule has 98 valence electrons. The summed E-state index contributed by atoms with van der Waals surface area (Å²) in [5, 5.41) is 0. The van der Waals surface area contributed by atoms with Crippen LogP contribution in [0.25, 0.3) is 0 Å². The maximum Gasteiger partial charge on any atom is 0.318 e. The monoisotopic (exact) mass is 249 g/mol. The number of rotatable bonds is 3. The molecule has 1 saturated heterocycles. The van der Waals surface area contributed by atoms with Crippen molar-refractivity contribution in [2.45, 2.75) is 26.2 Å². The molecule has 0 spiro atoms. The van der Waals surface area contributed by atoms with Gasteiger partial charge in [0.25, 0.3) is 5.92 Å². The maximum atomic E-state index is 13.0. The minimum absolute atomic E-state index is 0.00789. The molecule has 1 rings (SSSR count). The predicted octanol–water partition coefficient (Wildman–Crippen LogP) is 1.30. The fourth-order valence-corrected chi connectivity index (χ4v) is 1.91. The molecule has 17 heavy (non-hydrogen) atoms. The summed E-state index contributed by atoms with van der Waals surface area (Å²) in [5.74, 6) is -5.34. The van der Waals surface area contributed by atoms with E-state index in [1.807, 2.05) is 0 Å². The molecule has 0 bridgehead atoms. The van der Waals surface area contributed by atoms with Crippen LogP contribution in [0.2, 0.25) is 0 Å². The van der Waals surface area contributed by atoms with Crippen molar-refractivity contribution in [2.75, 3.05) is 20.2 Å². The van der Waals surface area contributed by atoms with Gasteiger partial charge in [-0.2, -0.15) is 0 Å². The first kappa shape index (κ1) is 13.9. The van der Waals surface area contributed by atoms with Crippen molar-refractivity contribution < 1.29 is 23.1 Å². The molecule has 0 N–H and O–H groups in total. The van der Waals surface area contributed by atoms with Gasteiger partial charge >= 0.3 is 5.97 Å². The first-order chi connectivity index (χ1) is 7.78. The predicted molar refractivity (Wildman–Crippen MR) is 56.5 cm³/mol. The maximum absolute atomic E-state index is 13.0. The van der Waals surface area contributed by atoms with E-state index in [9.17, 15) is 18.4 Å². The van der Waals surface area contributed by atoms with Gasteiger partial charge in [-0.15, -0.1) is 0 Å². The van der Waals surface area contributed by atoms with Crippen LogP contribution in [0.1, 0.15) is 20.3 Å². The number of carbonyl (C=O) groups excluding carboxylic acids is 2. The number of alkyl halides is 2. The van der Waals surface area contributed by atoms with Crippen LogP contribution in [0.4, 0.5) is 8.78 Å². The number of carbonyl (C=O) groups is 2. The van der Waals surface area contributed by atoms with Gasteiger partial charge in [-0.05, 0) is 5.92 Å². The molecule has 0 aromatic carbocycles. The highest BCUT2D eigenvalue weighted by atomic mass is 19.3. The third kappa shape index (κ3) is 3.14. The number of amides is 1. The molecule has 0 radical (unpaired) electrons. The van der Waals surface area contributed by atoms with E-state index >= 15 is 0 Å². The quantitative estimate of drug-likeness (QED) is 0.559. The summed E-state index contributed by atoms with van der Waals surface area (Å²) < 4.78 is 30.5. The number of hydrogen-bond acceptors (Lipinski definition) is 3. The largest absolute Gasteiger partial charge is 0.468 e. The summed E-state index contributed by atoms with van der Waals surface area (Å²) in [6.45, 7) is 2.76. The van der Waals surface area contributed by atoms with Gasteiger partial charge in [0.1, 0.15) is 5.92 Å². The highest BCUT2D eigenvalue weighted by molar-refractivity contribution is 5.98. The summed E-state index contributed by atoms with van der Waals surface area (Å²) in [6, 6.07) is 0. The summed E-state index contributed by atoms with van der Waals surface area (Å²) in [4.78, 5) is 24.5. The zero-order valence-electron chi connectivity index (χ0n) is 10.2. The minimum atomic E-state index is -2.84.